The SMILES string of the molecule is CNc1cnc(CN(C)CCN2CCCC2)cn1. The zero-order chi connectivity index (χ0) is 12.8. The first-order chi connectivity index (χ1) is 8.78. The molecule has 0 unspecified atom stereocenters. The van der Waals surface area contributed by atoms with Crippen molar-refractivity contribution in [3.63, 3.8) is 0 Å². The monoisotopic (exact) mass is 249 g/mol. The molecule has 0 bridgehead atoms. The van der Waals surface area contributed by atoms with E-state index in [9.17, 15) is 0 Å². The average molecular weight is 249 g/mol. The second kappa shape index (κ2) is 6.66. The number of nitrogens with one attached hydrogen (secondary N) is 1. The third-order valence-corrected chi connectivity index (χ3v) is 3.39. The topological polar surface area (TPSA) is 44.3 Å². The molecule has 5 nitrogen and oxygen atoms in total. The first-order valence-electron chi connectivity index (χ1n) is 6.67. The summed E-state index contributed by atoms with van der Waals surface area (Å²) >= 11 is 0. The van der Waals surface area contributed by atoms with Crippen molar-refractivity contribution in [2.24, 2.45) is 0 Å². The number of hydrogen-bond donors (Lipinski definition) is 1. The van der Waals surface area contributed by atoms with Crippen LogP contribution in [0.4, 0.5) is 5.82 Å². The average Bonchev–Trinajstić information content (AvgIpc) is 2.90. The number of aromatic nitrogens is 2. The predicted molar refractivity (Wildman–Crippen MR) is 73.6 cm³/mol. The minimum Gasteiger partial charge on any atom is -0.372 e. The van der Waals surface area contributed by atoms with Crippen molar-refractivity contribution in [2.45, 2.75) is 19.4 Å². The van der Waals surface area contributed by atoms with Crippen LogP contribution in [0.3, 0.4) is 0 Å². The van der Waals surface area contributed by atoms with Gasteiger partial charge < -0.3 is 10.2 Å². The van der Waals surface area contributed by atoms with Gasteiger partial charge in [0, 0.05) is 26.7 Å². The van der Waals surface area contributed by atoms with E-state index in [4.69, 9.17) is 0 Å². The molecule has 2 heterocycles. The molecule has 0 saturated carbocycles. The van der Waals surface area contributed by atoms with Crippen molar-refractivity contribution in [3.05, 3.63) is 18.1 Å². The number of nitrogens with zero attached hydrogens (tertiary/aromatic N) is 4. The van der Waals surface area contributed by atoms with E-state index in [0.717, 1.165) is 24.6 Å². The van der Waals surface area contributed by atoms with Crippen molar-refractivity contribution < 1.29 is 0 Å². The Hall–Kier alpha value is -1.20. The van der Waals surface area contributed by atoms with Crippen LogP contribution in [0.25, 0.3) is 0 Å². The summed E-state index contributed by atoms with van der Waals surface area (Å²) in [5.41, 5.74) is 1.03. The van der Waals surface area contributed by atoms with Gasteiger partial charge in [-0.2, -0.15) is 0 Å². The second-order valence-electron chi connectivity index (χ2n) is 4.93. The molecule has 0 spiro atoms. The highest BCUT2D eigenvalue weighted by Crippen LogP contribution is 2.07. The van der Waals surface area contributed by atoms with Crippen LogP contribution >= 0.6 is 0 Å². The molecule has 1 N–H and O–H groups in total. The van der Waals surface area contributed by atoms with Crippen LogP contribution < -0.4 is 5.32 Å². The van der Waals surface area contributed by atoms with Crippen LogP contribution in [0, 0.1) is 0 Å². The summed E-state index contributed by atoms with van der Waals surface area (Å²) in [5.74, 6) is 0.818. The Bertz CT molecular complexity index is 345. The molecule has 1 aromatic rings. The van der Waals surface area contributed by atoms with E-state index in [0.29, 0.717) is 0 Å². The third kappa shape index (κ3) is 3.92. The molecule has 0 aromatic carbocycles. The van der Waals surface area contributed by atoms with Crippen molar-refractivity contribution in [2.75, 3.05) is 45.6 Å². The van der Waals surface area contributed by atoms with E-state index < -0.39 is 0 Å². The highest BCUT2D eigenvalue weighted by molar-refractivity contribution is 5.29. The van der Waals surface area contributed by atoms with Gasteiger partial charge in [0.2, 0.25) is 0 Å². The molecule has 0 aliphatic carbocycles. The van der Waals surface area contributed by atoms with E-state index in [1.54, 1.807) is 6.20 Å². The number of likely N-dealkylation sites (N-methyl/N-ethyl adjacent to an activating group) is 1. The molecule has 0 radical (unpaired) electrons. The van der Waals surface area contributed by atoms with Gasteiger partial charge in [-0.05, 0) is 33.0 Å². The summed E-state index contributed by atoms with van der Waals surface area (Å²) in [4.78, 5) is 13.5. The maximum Gasteiger partial charge on any atom is 0.144 e. The molecule has 2 rings (SSSR count). The quantitative estimate of drug-likeness (QED) is 0.816. The van der Waals surface area contributed by atoms with Crippen LogP contribution in [0.1, 0.15) is 18.5 Å². The molecule has 0 atom stereocenters. The Morgan fingerprint density at radius 3 is 2.67 bits per heavy atom. The minimum atomic E-state index is 0.818. The summed E-state index contributed by atoms with van der Waals surface area (Å²) in [6, 6.07) is 0. The van der Waals surface area contributed by atoms with Gasteiger partial charge in [-0.25, -0.2) is 4.98 Å². The van der Waals surface area contributed by atoms with Crippen molar-refractivity contribution in [3.8, 4) is 0 Å². The van der Waals surface area contributed by atoms with E-state index in [-0.39, 0.29) is 0 Å². The van der Waals surface area contributed by atoms with E-state index in [1.165, 1.54) is 32.5 Å². The van der Waals surface area contributed by atoms with Gasteiger partial charge in [0.05, 0.1) is 18.1 Å². The number of anilines is 1. The Morgan fingerprint density at radius 2 is 2.06 bits per heavy atom. The summed E-state index contributed by atoms with van der Waals surface area (Å²) < 4.78 is 0. The molecular formula is C13H23N5. The molecule has 18 heavy (non-hydrogen) atoms. The first kappa shape index (κ1) is 13.2. The molecule has 1 aliphatic heterocycles. The summed E-state index contributed by atoms with van der Waals surface area (Å²) in [6.45, 7) is 5.66. The largest absolute Gasteiger partial charge is 0.372 e. The predicted octanol–water partition coefficient (Wildman–Crippen LogP) is 1.05. The van der Waals surface area contributed by atoms with Gasteiger partial charge in [-0.1, -0.05) is 0 Å². The molecular weight excluding hydrogens is 226 g/mol. The van der Waals surface area contributed by atoms with E-state index >= 15 is 0 Å². The first-order valence-corrected chi connectivity index (χ1v) is 6.67. The van der Waals surface area contributed by atoms with Gasteiger partial charge in [0.15, 0.2) is 0 Å². The Labute approximate surface area is 109 Å². The van der Waals surface area contributed by atoms with Gasteiger partial charge in [-0.15, -0.1) is 0 Å². The normalized spacial score (nSPS) is 16.4. The summed E-state index contributed by atoms with van der Waals surface area (Å²) in [5, 5.41) is 2.98. The highest BCUT2D eigenvalue weighted by atomic mass is 15.2. The zero-order valence-electron chi connectivity index (χ0n) is 11.4. The fourth-order valence-electron chi connectivity index (χ4n) is 2.24. The molecule has 0 amide bonds. The van der Waals surface area contributed by atoms with Crippen molar-refractivity contribution in [1.29, 1.82) is 0 Å². The number of rotatable bonds is 6. The standard InChI is InChI=1S/C13H23N5/c1-14-13-10-15-12(9-16-13)11-17(2)7-8-18-5-3-4-6-18/h9-10H,3-8,11H2,1-2H3,(H,14,16). The Balaban J connectivity index is 1.73. The summed E-state index contributed by atoms with van der Waals surface area (Å²) in [6.07, 6.45) is 6.35. The van der Waals surface area contributed by atoms with Gasteiger partial charge in [-0.3, -0.25) is 9.88 Å². The molecule has 5 heteroatoms. The molecule has 1 aromatic heterocycles. The Morgan fingerprint density at radius 1 is 1.28 bits per heavy atom. The lowest BCUT2D eigenvalue weighted by Gasteiger charge is -2.20. The summed E-state index contributed by atoms with van der Waals surface area (Å²) in [7, 11) is 4.00. The highest BCUT2D eigenvalue weighted by Gasteiger charge is 2.11. The molecule has 1 aliphatic rings. The fourth-order valence-corrected chi connectivity index (χ4v) is 2.24. The van der Waals surface area contributed by atoms with Gasteiger partial charge in [0.25, 0.3) is 0 Å². The Kier molecular flexibility index (Phi) is 4.90. The lowest BCUT2D eigenvalue weighted by atomic mass is 10.4. The number of likely N-dealkylation sites (tertiary alicyclic amines) is 1. The third-order valence-electron chi connectivity index (χ3n) is 3.39. The van der Waals surface area contributed by atoms with Crippen molar-refractivity contribution in [1.82, 2.24) is 19.8 Å². The maximum absolute atomic E-state index is 4.39. The van der Waals surface area contributed by atoms with Gasteiger partial charge in [0.1, 0.15) is 5.82 Å². The van der Waals surface area contributed by atoms with Crippen LogP contribution in [0.2, 0.25) is 0 Å². The smallest absolute Gasteiger partial charge is 0.144 e. The van der Waals surface area contributed by atoms with Gasteiger partial charge >= 0.3 is 0 Å². The van der Waals surface area contributed by atoms with Crippen LogP contribution in [0.15, 0.2) is 12.4 Å². The lowest BCUT2D eigenvalue weighted by Crippen LogP contribution is -2.31. The minimum absolute atomic E-state index is 0.818. The lowest BCUT2D eigenvalue weighted by molar-refractivity contribution is 0.250. The van der Waals surface area contributed by atoms with E-state index in [1.807, 2.05) is 13.2 Å². The molecule has 100 valence electrons. The molecule has 1 fully saturated rings. The molecule has 1 saturated heterocycles. The maximum atomic E-state index is 4.39. The van der Waals surface area contributed by atoms with Crippen LogP contribution in [-0.4, -0.2) is 60.0 Å². The number of hydrogen-bond acceptors (Lipinski definition) is 5. The zero-order valence-corrected chi connectivity index (χ0v) is 11.4. The van der Waals surface area contributed by atoms with Crippen LogP contribution in [0.5, 0.6) is 0 Å². The second-order valence-corrected chi connectivity index (χ2v) is 4.93. The van der Waals surface area contributed by atoms with E-state index in [2.05, 4.69) is 32.1 Å². The fraction of sp³-hybridized carbons (Fsp3) is 0.692. The van der Waals surface area contributed by atoms with Crippen LogP contribution in [-0.2, 0) is 6.54 Å². The van der Waals surface area contributed by atoms with Crippen molar-refractivity contribution >= 4 is 5.82 Å².